The second-order valence-corrected chi connectivity index (χ2v) is 7.82. The quantitative estimate of drug-likeness (QED) is 0.603. The number of nitrogens with zero attached hydrogens (tertiary/aromatic N) is 4. The maximum Gasteiger partial charge on any atom is 0.409 e. The van der Waals surface area contributed by atoms with Gasteiger partial charge in [0.1, 0.15) is 11.9 Å². The van der Waals surface area contributed by atoms with E-state index in [2.05, 4.69) is 26.3 Å². The zero-order chi connectivity index (χ0) is 22.5. The lowest BCUT2D eigenvalue weighted by molar-refractivity contribution is 0.0790. The number of ether oxygens (including phenoxy) is 2. The Labute approximate surface area is 186 Å². The molecule has 9 nitrogen and oxygen atoms in total. The zero-order valence-electron chi connectivity index (χ0n) is 18.2. The second-order valence-electron chi connectivity index (χ2n) is 7.82. The highest BCUT2D eigenvalue weighted by molar-refractivity contribution is 5.73. The molecule has 0 spiro atoms. The van der Waals surface area contributed by atoms with Gasteiger partial charge in [0.2, 0.25) is 5.95 Å². The number of anilines is 1. The van der Waals surface area contributed by atoms with Crippen LogP contribution in [0, 0.1) is 18.3 Å². The van der Waals surface area contributed by atoms with Crippen molar-refractivity contribution in [3.8, 4) is 11.8 Å². The molecule has 0 radical (unpaired) electrons. The fourth-order valence-corrected chi connectivity index (χ4v) is 3.85. The van der Waals surface area contributed by atoms with Crippen LogP contribution in [0.25, 0.3) is 11.2 Å². The minimum absolute atomic E-state index is 0.0261. The van der Waals surface area contributed by atoms with Gasteiger partial charge in [-0.1, -0.05) is 12.1 Å². The van der Waals surface area contributed by atoms with Crippen LogP contribution in [0.4, 0.5) is 10.7 Å². The summed E-state index contributed by atoms with van der Waals surface area (Å²) < 4.78 is 11.0. The lowest BCUT2D eigenvalue weighted by Gasteiger charge is -2.31. The summed E-state index contributed by atoms with van der Waals surface area (Å²) in [4.78, 5) is 25.5. The molecule has 0 unspecified atom stereocenters. The molecule has 166 valence electrons. The summed E-state index contributed by atoms with van der Waals surface area (Å²) >= 11 is 0. The summed E-state index contributed by atoms with van der Waals surface area (Å²) in [5.74, 6) is 1.31. The predicted molar refractivity (Wildman–Crippen MR) is 119 cm³/mol. The van der Waals surface area contributed by atoms with Crippen LogP contribution in [0.15, 0.2) is 36.4 Å². The first kappa shape index (κ1) is 21.4. The summed E-state index contributed by atoms with van der Waals surface area (Å²) in [6, 6.07) is 13.6. The Kier molecular flexibility index (Phi) is 6.40. The molecule has 1 aliphatic heterocycles. The molecule has 1 aromatic carbocycles. The van der Waals surface area contributed by atoms with Gasteiger partial charge in [-0.15, -0.1) is 0 Å². The van der Waals surface area contributed by atoms with E-state index in [4.69, 9.17) is 9.47 Å². The third-order valence-electron chi connectivity index (χ3n) is 5.53. The van der Waals surface area contributed by atoms with E-state index in [0.717, 1.165) is 35.4 Å². The van der Waals surface area contributed by atoms with E-state index in [9.17, 15) is 10.1 Å². The Bertz CT molecular complexity index is 1130. The Morgan fingerprint density at radius 3 is 2.88 bits per heavy atom. The molecular formula is C23H26N6O3. The van der Waals surface area contributed by atoms with Crippen LogP contribution in [0.2, 0.25) is 0 Å². The molecule has 1 aliphatic rings. The molecule has 4 rings (SSSR count). The van der Waals surface area contributed by atoms with Crippen LogP contribution in [0.5, 0.6) is 5.75 Å². The van der Waals surface area contributed by atoms with Gasteiger partial charge in [-0.3, -0.25) is 0 Å². The van der Waals surface area contributed by atoms with Crippen LogP contribution >= 0.6 is 0 Å². The first-order valence-corrected chi connectivity index (χ1v) is 10.6. The van der Waals surface area contributed by atoms with E-state index in [1.165, 1.54) is 7.11 Å². The number of carbonyl (C=O) groups excluding carboxylic acids is 1. The van der Waals surface area contributed by atoms with Crippen molar-refractivity contribution in [3.63, 3.8) is 0 Å². The number of hydrogen-bond acceptors (Lipinski definition) is 7. The molecule has 2 N–H and O–H groups in total. The Morgan fingerprint density at radius 2 is 2.12 bits per heavy atom. The van der Waals surface area contributed by atoms with Crippen LogP contribution in [0.3, 0.4) is 0 Å². The first-order chi connectivity index (χ1) is 15.6. The van der Waals surface area contributed by atoms with Crippen LogP contribution in [-0.2, 0) is 4.74 Å². The standard InChI is InChI=1S/C23H26N6O3/c1-15-6-7-20-21(25-15)28-22(27-20)26-19(8-11-24)16-4-3-5-18(14-16)32-17-9-12-29(13-10-17)23(30)31-2/h3-7,14,17,19H,8-10,12-13H2,1-2H3,(H2,25,26,27,28)/t19-/m1/s1. The highest BCUT2D eigenvalue weighted by Gasteiger charge is 2.24. The molecule has 1 saturated heterocycles. The van der Waals surface area contributed by atoms with Gasteiger partial charge >= 0.3 is 6.09 Å². The number of imidazole rings is 1. The summed E-state index contributed by atoms with van der Waals surface area (Å²) in [6.45, 7) is 3.13. The average molecular weight is 435 g/mol. The van der Waals surface area contributed by atoms with E-state index in [0.29, 0.717) is 24.7 Å². The number of benzene rings is 1. The summed E-state index contributed by atoms with van der Waals surface area (Å²) in [5, 5.41) is 12.7. The molecule has 3 aromatic rings. The van der Waals surface area contributed by atoms with Crippen molar-refractivity contribution in [2.24, 2.45) is 0 Å². The number of likely N-dealkylation sites (tertiary alicyclic amines) is 1. The number of nitriles is 1. The molecule has 2 aromatic heterocycles. The minimum atomic E-state index is -0.299. The molecule has 9 heteroatoms. The van der Waals surface area contributed by atoms with Gasteiger partial charge < -0.3 is 24.7 Å². The molecule has 0 saturated carbocycles. The number of H-pyrrole nitrogens is 1. The van der Waals surface area contributed by atoms with Crippen molar-refractivity contribution in [1.82, 2.24) is 19.9 Å². The zero-order valence-corrected chi connectivity index (χ0v) is 18.2. The predicted octanol–water partition coefficient (Wildman–Crippen LogP) is 3.94. The molecule has 32 heavy (non-hydrogen) atoms. The maximum absolute atomic E-state index is 11.7. The number of nitrogens with one attached hydrogen (secondary N) is 2. The smallest absolute Gasteiger partial charge is 0.409 e. The van der Waals surface area contributed by atoms with E-state index < -0.39 is 0 Å². The Hall–Kier alpha value is -3.80. The number of amides is 1. The largest absolute Gasteiger partial charge is 0.490 e. The molecule has 1 amide bonds. The third-order valence-corrected chi connectivity index (χ3v) is 5.53. The van der Waals surface area contributed by atoms with Gasteiger partial charge in [-0.05, 0) is 36.8 Å². The number of aromatic amines is 1. The number of methoxy groups -OCH3 is 1. The normalized spacial score (nSPS) is 15.2. The molecule has 1 atom stereocenters. The lowest BCUT2D eigenvalue weighted by atomic mass is 10.0. The summed E-state index contributed by atoms with van der Waals surface area (Å²) in [6.07, 6.45) is 1.48. The fourth-order valence-electron chi connectivity index (χ4n) is 3.85. The van der Waals surface area contributed by atoms with E-state index in [1.807, 2.05) is 43.3 Å². The summed E-state index contributed by atoms with van der Waals surface area (Å²) in [7, 11) is 1.39. The Morgan fingerprint density at radius 1 is 1.31 bits per heavy atom. The minimum Gasteiger partial charge on any atom is -0.490 e. The van der Waals surface area contributed by atoms with Crippen molar-refractivity contribution < 1.29 is 14.3 Å². The van der Waals surface area contributed by atoms with Crippen LogP contribution < -0.4 is 10.1 Å². The number of piperidine rings is 1. The van der Waals surface area contributed by atoms with Gasteiger partial charge in [0, 0.05) is 31.6 Å². The van der Waals surface area contributed by atoms with Gasteiger partial charge in [-0.25, -0.2) is 9.78 Å². The maximum atomic E-state index is 11.7. The molecule has 0 aliphatic carbocycles. The average Bonchev–Trinajstić information content (AvgIpc) is 3.20. The summed E-state index contributed by atoms with van der Waals surface area (Å²) in [5.41, 5.74) is 3.30. The van der Waals surface area contributed by atoms with Crippen molar-refractivity contribution in [2.75, 3.05) is 25.5 Å². The van der Waals surface area contributed by atoms with Crippen LogP contribution in [0.1, 0.15) is 36.6 Å². The number of rotatable bonds is 6. The molecule has 0 bridgehead atoms. The van der Waals surface area contributed by atoms with Gasteiger partial charge in [-0.2, -0.15) is 10.2 Å². The van der Waals surface area contributed by atoms with Crippen molar-refractivity contribution >= 4 is 23.2 Å². The molecule has 1 fully saturated rings. The fraction of sp³-hybridized carbons (Fsp3) is 0.391. The monoisotopic (exact) mass is 434 g/mol. The van der Waals surface area contributed by atoms with E-state index in [-0.39, 0.29) is 24.7 Å². The van der Waals surface area contributed by atoms with Crippen molar-refractivity contribution in [3.05, 3.63) is 47.7 Å². The number of carbonyl (C=O) groups is 1. The van der Waals surface area contributed by atoms with Crippen LogP contribution in [-0.4, -0.2) is 52.2 Å². The number of aromatic nitrogens is 3. The van der Waals surface area contributed by atoms with Crippen molar-refractivity contribution in [1.29, 1.82) is 5.26 Å². The number of aryl methyl sites for hydroxylation is 1. The number of pyridine rings is 1. The highest BCUT2D eigenvalue weighted by Crippen LogP contribution is 2.27. The molecule has 3 heterocycles. The third kappa shape index (κ3) is 4.91. The van der Waals surface area contributed by atoms with Gasteiger partial charge in [0.15, 0.2) is 5.65 Å². The van der Waals surface area contributed by atoms with E-state index in [1.54, 1.807) is 4.90 Å². The Balaban J connectivity index is 1.45. The van der Waals surface area contributed by atoms with Gasteiger partial charge in [0.05, 0.1) is 31.2 Å². The van der Waals surface area contributed by atoms with E-state index >= 15 is 0 Å². The van der Waals surface area contributed by atoms with Gasteiger partial charge in [0.25, 0.3) is 0 Å². The highest BCUT2D eigenvalue weighted by atomic mass is 16.5. The lowest BCUT2D eigenvalue weighted by Crippen LogP contribution is -2.41. The first-order valence-electron chi connectivity index (χ1n) is 10.6. The molecular weight excluding hydrogens is 408 g/mol. The number of fused-ring (bicyclic) bond motifs is 1. The second kappa shape index (κ2) is 9.56. The SMILES string of the molecule is COC(=O)N1CCC(Oc2cccc([C@@H](CC#N)Nc3nc4nc(C)ccc4[nH]3)c2)CC1. The number of hydrogen-bond donors (Lipinski definition) is 2. The topological polar surface area (TPSA) is 116 Å². The van der Waals surface area contributed by atoms with Crippen molar-refractivity contribution in [2.45, 2.75) is 38.3 Å².